The Balaban J connectivity index is 1.97. The zero-order valence-corrected chi connectivity index (χ0v) is 9.93. The molecule has 0 fully saturated rings. The number of pyridine rings is 1. The summed E-state index contributed by atoms with van der Waals surface area (Å²) in [6.45, 7) is 1.88. The number of H-pyrrole nitrogens is 1. The average Bonchev–Trinajstić information content (AvgIpc) is 2.87. The first-order valence-electron chi connectivity index (χ1n) is 5.54. The molecule has 18 heavy (non-hydrogen) atoms. The summed E-state index contributed by atoms with van der Waals surface area (Å²) in [5, 5.41) is 2.76. The number of amides is 1. The molecule has 2 rings (SSSR count). The van der Waals surface area contributed by atoms with Crippen LogP contribution in [0.3, 0.4) is 0 Å². The van der Waals surface area contributed by atoms with E-state index in [0.29, 0.717) is 17.9 Å². The van der Waals surface area contributed by atoms with E-state index in [1.165, 1.54) is 6.92 Å². The standard InChI is InChI=1S/C13H13N3O2/c1-9(17)11-2-3-12(16-11)13(18)15-8-10-4-6-14-7-5-10/h2-7,16H,8H2,1H3,(H,15,18). The number of ketones is 1. The molecule has 1 amide bonds. The maximum atomic E-state index is 11.8. The third-order valence-electron chi connectivity index (χ3n) is 2.51. The molecule has 2 aromatic rings. The normalized spacial score (nSPS) is 10.1. The second kappa shape index (κ2) is 5.27. The minimum Gasteiger partial charge on any atom is -0.348 e. The van der Waals surface area contributed by atoms with Gasteiger partial charge >= 0.3 is 0 Å². The Labute approximate surface area is 104 Å². The van der Waals surface area contributed by atoms with Crippen molar-refractivity contribution >= 4 is 11.7 Å². The van der Waals surface area contributed by atoms with Gasteiger partial charge < -0.3 is 10.3 Å². The van der Waals surface area contributed by atoms with Crippen molar-refractivity contribution in [2.75, 3.05) is 0 Å². The van der Waals surface area contributed by atoms with Crippen LogP contribution < -0.4 is 5.32 Å². The van der Waals surface area contributed by atoms with Gasteiger partial charge in [0.25, 0.3) is 5.91 Å². The highest BCUT2D eigenvalue weighted by molar-refractivity contribution is 5.97. The zero-order chi connectivity index (χ0) is 13.0. The molecule has 0 aromatic carbocycles. The number of nitrogens with zero attached hydrogens (tertiary/aromatic N) is 1. The lowest BCUT2D eigenvalue weighted by atomic mass is 10.2. The van der Waals surface area contributed by atoms with Crippen LogP contribution in [0.25, 0.3) is 0 Å². The van der Waals surface area contributed by atoms with Gasteiger partial charge in [-0.1, -0.05) is 0 Å². The number of rotatable bonds is 4. The third kappa shape index (κ3) is 2.82. The van der Waals surface area contributed by atoms with E-state index in [-0.39, 0.29) is 11.7 Å². The predicted octanol–water partition coefficient (Wildman–Crippen LogP) is 1.54. The molecule has 0 atom stereocenters. The van der Waals surface area contributed by atoms with Crippen LogP contribution >= 0.6 is 0 Å². The smallest absolute Gasteiger partial charge is 0.267 e. The molecular weight excluding hydrogens is 230 g/mol. The molecular formula is C13H13N3O2. The zero-order valence-electron chi connectivity index (χ0n) is 9.93. The summed E-state index contributed by atoms with van der Waals surface area (Å²) < 4.78 is 0. The minimum absolute atomic E-state index is 0.0943. The van der Waals surface area contributed by atoms with Crippen molar-refractivity contribution in [2.45, 2.75) is 13.5 Å². The fraction of sp³-hybridized carbons (Fsp3) is 0.154. The van der Waals surface area contributed by atoms with Crippen LogP contribution in [0.15, 0.2) is 36.7 Å². The van der Waals surface area contributed by atoms with Crippen LogP contribution in [-0.4, -0.2) is 21.7 Å². The molecule has 0 aliphatic carbocycles. The molecule has 0 radical (unpaired) electrons. The summed E-state index contributed by atoms with van der Waals surface area (Å²) in [5.74, 6) is -0.331. The first-order valence-corrected chi connectivity index (χ1v) is 5.54. The first kappa shape index (κ1) is 12.0. The van der Waals surface area contributed by atoms with Crippen molar-refractivity contribution in [3.8, 4) is 0 Å². The van der Waals surface area contributed by atoms with Gasteiger partial charge in [-0.3, -0.25) is 14.6 Å². The van der Waals surface area contributed by atoms with Crippen molar-refractivity contribution in [3.63, 3.8) is 0 Å². The van der Waals surface area contributed by atoms with Crippen molar-refractivity contribution in [2.24, 2.45) is 0 Å². The highest BCUT2D eigenvalue weighted by Gasteiger charge is 2.09. The van der Waals surface area contributed by atoms with Crippen LogP contribution in [0.2, 0.25) is 0 Å². The molecule has 2 N–H and O–H groups in total. The van der Waals surface area contributed by atoms with Gasteiger partial charge in [0.05, 0.1) is 5.69 Å². The summed E-state index contributed by atoms with van der Waals surface area (Å²) in [6.07, 6.45) is 3.34. The minimum atomic E-state index is -0.237. The number of Topliss-reactive ketones (excluding diaryl/α,β-unsaturated/α-hetero) is 1. The van der Waals surface area contributed by atoms with E-state index in [1.54, 1.807) is 24.5 Å². The number of hydrogen-bond donors (Lipinski definition) is 2. The van der Waals surface area contributed by atoms with E-state index in [4.69, 9.17) is 0 Å². The van der Waals surface area contributed by atoms with Crippen molar-refractivity contribution in [3.05, 3.63) is 53.6 Å². The number of carbonyl (C=O) groups excluding carboxylic acids is 2. The topological polar surface area (TPSA) is 74.8 Å². The van der Waals surface area contributed by atoms with Gasteiger partial charge in [0.2, 0.25) is 0 Å². The molecule has 5 nitrogen and oxygen atoms in total. The molecule has 92 valence electrons. The van der Waals surface area contributed by atoms with E-state index >= 15 is 0 Å². The maximum absolute atomic E-state index is 11.8. The van der Waals surface area contributed by atoms with Gasteiger partial charge in [-0.05, 0) is 29.8 Å². The van der Waals surface area contributed by atoms with Crippen LogP contribution in [0, 0.1) is 0 Å². The number of hydrogen-bond acceptors (Lipinski definition) is 3. The van der Waals surface area contributed by atoms with Crippen molar-refractivity contribution in [1.29, 1.82) is 0 Å². The fourth-order valence-electron chi connectivity index (χ4n) is 1.51. The number of aromatic amines is 1. The van der Waals surface area contributed by atoms with Crippen molar-refractivity contribution < 1.29 is 9.59 Å². The Bertz CT molecular complexity index is 561. The summed E-state index contributed by atoms with van der Waals surface area (Å²) >= 11 is 0. The van der Waals surface area contributed by atoms with Crippen LogP contribution in [-0.2, 0) is 6.54 Å². The lowest BCUT2D eigenvalue weighted by Crippen LogP contribution is -2.23. The quantitative estimate of drug-likeness (QED) is 0.800. The molecule has 0 saturated carbocycles. The third-order valence-corrected chi connectivity index (χ3v) is 2.51. The molecule has 2 aromatic heterocycles. The van der Waals surface area contributed by atoms with E-state index in [2.05, 4.69) is 15.3 Å². The van der Waals surface area contributed by atoms with Gasteiger partial charge in [0, 0.05) is 25.9 Å². The highest BCUT2D eigenvalue weighted by atomic mass is 16.2. The summed E-state index contributed by atoms with van der Waals surface area (Å²) in [7, 11) is 0. The lowest BCUT2D eigenvalue weighted by Gasteiger charge is -2.03. The van der Waals surface area contributed by atoms with Gasteiger partial charge in [-0.15, -0.1) is 0 Å². The molecule has 0 bridgehead atoms. The molecule has 2 heterocycles. The predicted molar refractivity (Wildman–Crippen MR) is 66.2 cm³/mol. The molecule has 0 spiro atoms. The van der Waals surface area contributed by atoms with Crippen LogP contribution in [0.1, 0.15) is 33.5 Å². The van der Waals surface area contributed by atoms with E-state index in [1.807, 2.05) is 12.1 Å². The SMILES string of the molecule is CC(=O)c1ccc(C(=O)NCc2ccncc2)[nH]1. The summed E-state index contributed by atoms with van der Waals surface area (Å²) in [4.78, 5) is 29.5. The fourth-order valence-corrected chi connectivity index (χ4v) is 1.51. The Morgan fingerprint density at radius 3 is 2.44 bits per heavy atom. The van der Waals surface area contributed by atoms with Gasteiger partial charge in [-0.25, -0.2) is 0 Å². The van der Waals surface area contributed by atoms with Crippen molar-refractivity contribution in [1.82, 2.24) is 15.3 Å². The number of carbonyl (C=O) groups is 2. The molecule has 0 unspecified atom stereocenters. The Kier molecular flexibility index (Phi) is 3.52. The van der Waals surface area contributed by atoms with Crippen LogP contribution in [0.5, 0.6) is 0 Å². The molecule has 0 saturated heterocycles. The lowest BCUT2D eigenvalue weighted by molar-refractivity contribution is 0.0946. The number of nitrogens with one attached hydrogen (secondary N) is 2. The highest BCUT2D eigenvalue weighted by Crippen LogP contribution is 2.03. The van der Waals surface area contributed by atoms with Gasteiger partial charge in [-0.2, -0.15) is 0 Å². The Morgan fingerprint density at radius 1 is 1.17 bits per heavy atom. The largest absolute Gasteiger partial charge is 0.348 e. The van der Waals surface area contributed by atoms with E-state index in [0.717, 1.165) is 5.56 Å². The molecule has 0 aliphatic heterocycles. The molecule has 0 aliphatic rings. The second-order valence-corrected chi connectivity index (χ2v) is 3.88. The summed E-state index contributed by atoms with van der Waals surface area (Å²) in [6, 6.07) is 6.86. The average molecular weight is 243 g/mol. The maximum Gasteiger partial charge on any atom is 0.267 e. The monoisotopic (exact) mass is 243 g/mol. The summed E-state index contributed by atoms with van der Waals surface area (Å²) in [5.41, 5.74) is 1.79. The second-order valence-electron chi connectivity index (χ2n) is 3.88. The number of aromatic nitrogens is 2. The van der Waals surface area contributed by atoms with Gasteiger partial charge in [0.15, 0.2) is 5.78 Å². The first-order chi connectivity index (χ1) is 8.66. The molecule has 5 heteroatoms. The Hall–Kier alpha value is -2.43. The van der Waals surface area contributed by atoms with E-state index in [9.17, 15) is 9.59 Å². The van der Waals surface area contributed by atoms with E-state index < -0.39 is 0 Å². The van der Waals surface area contributed by atoms with Gasteiger partial charge in [0.1, 0.15) is 5.69 Å². The Morgan fingerprint density at radius 2 is 1.83 bits per heavy atom. The van der Waals surface area contributed by atoms with Crippen LogP contribution in [0.4, 0.5) is 0 Å².